The van der Waals surface area contributed by atoms with Gasteiger partial charge in [-0.05, 0) is 25.1 Å². The van der Waals surface area contributed by atoms with Gasteiger partial charge in [0.25, 0.3) is 0 Å². The van der Waals surface area contributed by atoms with Crippen molar-refractivity contribution in [2.75, 3.05) is 13.2 Å². The summed E-state index contributed by atoms with van der Waals surface area (Å²) in [7, 11) is 0. The van der Waals surface area contributed by atoms with Crippen molar-refractivity contribution in [3.05, 3.63) is 54.2 Å². The van der Waals surface area contributed by atoms with Crippen molar-refractivity contribution >= 4 is 22.7 Å². The van der Waals surface area contributed by atoms with Crippen LogP contribution in [0.3, 0.4) is 0 Å². The summed E-state index contributed by atoms with van der Waals surface area (Å²) in [5, 5.41) is 40.6. The number of ether oxygens (including phenoxy) is 2. The second-order valence-corrected chi connectivity index (χ2v) is 8.47. The molecule has 2 aromatic carbocycles. The number of halogens is 2. The number of rotatable bonds is 6. The van der Waals surface area contributed by atoms with Gasteiger partial charge in [0.05, 0.1) is 18.7 Å². The fraction of sp³-hybridized carbons (Fsp3) is 0.364. The van der Waals surface area contributed by atoms with Gasteiger partial charge in [0.1, 0.15) is 41.8 Å². The highest BCUT2D eigenvalue weighted by atomic mass is 32.2. The number of aliphatic hydroxyl groups is 4. The van der Waals surface area contributed by atoms with E-state index in [1.807, 2.05) is 0 Å². The topological polar surface area (TPSA) is 104 Å². The molecule has 0 saturated carbocycles. The molecular formula is C22H23F2NO6S. The first-order valence-corrected chi connectivity index (χ1v) is 10.9. The average Bonchev–Trinajstić information content (AvgIpc) is 3.14. The Balaban J connectivity index is 1.76. The van der Waals surface area contributed by atoms with Gasteiger partial charge in [0.15, 0.2) is 6.23 Å². The maximum atomic E-state index is 14.8. The van der Waals surface area contributed by atoms with Crippen molar-refractivity contribution in [3.63, 3.8) is 0 Å². The Hall–Kier alpha value is -2.21. The maximum Gasteiger partial charge on any atom is 0.163 e. The highest BCUT2D eigenvalue weighted by molar-refractivity contribution is 7.99. The molecule has 0 bridgehead atoms. The van der Waals surface area contributed by atoms with Crippen molar-refractivity contribution in [1.82, 2.24) is 4.57 Å². The monoisotopic (exact) mass is 467 g/mol. The zero-order chi connectivity index (χ0) is 23.0. The summed E-state index contributed by atoms with van der Waals surface area (Å²) < 4.78 is 41.6. The molecule has 1 saturated heterocycles. The first-order chi connectivity index (χ1) is 15.3. The van der Waals surface area contributed by atoms with E-state index in [1.54, 1.807) is 25.1 Å². The summed E-state index contributed by atoms with van der Waals surface area (Å²) in [5.41, 5.74) is 0.0747. The number of aromatic nitrogens is 1. The Bertz CT molecular complexity index is 1110. The van der Waals surface area contributed by atoms with E-state index in [4.69, 9.17) is 9.47 Å². The minimum Gasteiger partial charge on any atom is -0.494 e. The summed E-state index contributed by atoms with van der Waals surface area (Å²) in [4.78, 5) is 0.769. The first kappa shape index (κ1) is 23.0. The van der Waals surface area contributed by atoms with Crippen LogP contribution in [-0.4, -0.2) is 62.6 Å². The van der Waals surface area contributed by atoms with Gasteiger partial charge in [-0.2, -0.15) is 0 Å². The van der Waals surface area contributed by atoms with Crippen molar-refractivity contribution in [2.24, 2.45) is 0 Å². The van der Waals surface area contributed by atoms with E-state index in [-0.39, 0.29) is 10.4 Å². The van der Waals surface area contributed by atoms with E-state index >= 15 is 0 Å². The molecule has 0 unspecified atom stereocenters. The molecule has 4 rings (SSSR count). The van der Waals surface area contributed by atoms with Crippen LogP contribution in [0.15, 0.2) is 52.4 Å². The number of hydrogen-bond donors (Lipinski definition) is 4. The molecule has 1 aliphatic heterocycles. The molecular weight excluding hydrogens is 444 g/mol. The van der Waals surface area contributed by atoms with Gasteiger partial charge >= 0.3 is 0 Å². The molecule has 0 amide bonds. The standard InChI is InChI=1S/C22H23F2NO6S/c1-2-30-11-6-7-16(14(24)8-11)32-17-9-25(18-12(17)4-3-5-13(18)23)22-21(29)20(28)19(27)15(10-26)31-22/h3-9,15,19-22,26-29H,2,10H2,1H3/t15-,19-,20+,21-,22-/m1/s1. The van der Waals surface area contributed by atoms with Crippen molar-refractivity contribution in [1.29, 1.82) is 0 Å². The number of fused-ring (bicyclic) bond motifs is 1. The molecule has 172 valence electrons. The quantitative estimate of drug-likeness (QED) is 0.442. The van der Waals surface area contributed by atoms with E-state index in [1.165, 1.54) is 29.0 Å². The van der Waals surface area contributed by atoms with Crippen LogP contribution in [0.25, 0.3) is 10.9 Å². The van der Waals surface area contributed by atoms with Crippen LogP contribution in [0.1, 0.15) is 13.2 Å². The van der Waals surface area contributed by atoms with Gasteiger partial charge in [0.2, 0.25) is 0 Å². The predicted molar refractivity (Wildman–Crippen MR) is 113 cm³/mol. The number of benzene rings is 2. The average molecular weight is 467 g/mol. The lowest BCUT2D eigenvalue weighted by Gasteiger charge is -2.40. The third-order valence-electron chi connectivity index (χ3n) is 5.34. The third-order valence-corrected chi connectivity index (χ3v) is 6.44. The fourth-order valence-electron chi connectivity index (χ4n) is 3.77. The number of nitrogens with zero attached hydrogens (tertiary/aromatic N) is 1. The number of para-hydroxylation sites is 1. The fourth-order valence-corrected chi connectivity index (χ4v) is 4.74. The highest BCUT2D eigenvalue weighted by Crippen LogP contribution is 2.41. The van der Waals surface area contributed by atoms with Crippen LogP contribution in [0, 0.1) is 11.6 Å². The smallest absolute Gasteiger partial charge is 0.163 e. The van der Waals surface area contributed by atoms with Crippen LogP contribution in [0.4, 0.5) is 8.78 Å². The molecule has 1 aromatic heterocycles. The Kier molecular flexibility index (Phi) is 6.70. The molecule has 10 heteroatoms. The van der Waals surface area contributed by atoms with Crippen molar-refractivity contribution in [2.45, 2.75) is 47.4 Å². The Labute approximate surface area is 186 Å². The molecule has 2 heterocycles. The summed E-state index contributed by atoms with van der Waals surface area (Å²) in [6, 6.07) is 8.84. The molecule has 0 radical (unpaired) electrons. The Morgan fingerprint density at radius 3 is 2.50 bits per heavy atom. The number of hydrogen-bond acceptors (Lipinski definition) is 7. The molecule has 3 aromatic rings. The van der Waals surface area contributed by atoms with E-state index in [0.29, 0.717) is 22.6 Å². The van der Waals surface area contributed by atoms with E-state index in [0.717, 1.165) is 11.8 Å². The third kappa shape index (κ3) is 4.09. The van der Waals surface area contributed by atoms with Crippen LogP contribution in [-0.2, 0) is 4.74 Å². The predicted octanol–water partition coefficient (Wildman–Crippen LogP) is 2.44. The first-order valence-electron chi connectivity index (χ1n) is 10.1. The molecule has 0 aliphatic carbocycles. The second kappa shape index (κ2) is 9.34. The van der Waals surface area contributed by atoms with Crippen LogP contribution >= 0.6 is 11.8 Å². The largest absolute Gasteiger partial charge is 0.494 e. The molecule has 1 fully saturated rings. The zero-order valence-electron chi connectivity index (χ0n) is 17.1. The van der Waals surface area contributed by atoms with Gasteiger partial charge in [0, 0.05) is 27.4 Å². The zero-order valence-corrected chi connectivity index (χ0v) is 17.9. The van der Waals surface area contributed by atoms with Crippen LogP contribution in [0.2, 0.25) is 0 Å². The summed E-state index contributed by atoms with van der Waals surface area (Å²) >= 11 is 1.06. The van der Waals surface area contributed by atoms with Crippen molar-refractivity contribution < 1.29 is 38.7 Å². The van der Waals surface area contributed by atoms with E-state index in [2.05, 4.69) is 0 Å². The molecule has 7 nitrogen and oxygen atoms in total. The maximum absolute atomic E-state index is 14.8. The lowest BCUT2D eigenvalue weighted by atomic mass is 9.98. The van der Waals surface area contributed by atoms with Gasteiger partial charge in [-0.3, -0.25) is 0 Å². The minimum absolute atomic E-state index is 0.0747. The van der Waals surface area contributed by atoms with E-state index in [9.17, 15) is 29.2 Å². The molecule has 5 atom stereocenters. The number of aliphatic hydroxyl groups excluding tert-OH is 4. The minimum atomic E-state index is -1.62. The molecule has 0 spiro atoms. The highest BCUT2D eigenvalue weighted by Gasteiger charge is 2.44. The van der Waals surface area contributed by atoms with Gasteiger partial charge in [-0.15, -0.1) is 0 Å². The molecule has 4 N–H and O–H groups in total. The lowest BCUT2D eigenvalue weighted by Crippen LogP contribution is -2.56. The summed E-state index contributed by atoms with van der Waals surface area (Å²) in [6.07, 6.45) is -5.70. The van der Waals surface area contributed by atoms with Crippen molar-refractivity contribution in [3.8, 4) is 5.75 Å². The summed E-state index contributed by atoms with van der Waals surface area (Å²) in [5.74, 6) is -0.728. The lowest BCUT2D eigenvalue weighted by molar-refractivity contribution is -0.250. The van der Waals surface area contributed by atoms with Crippen LogP contribution < -0.4 is 4.74 Å². The Morgan fingerprint density at radius 2 is 1.81 bits per heavy atom. The van der Waals surface area contributed by atoms with Gasteiger partial charge in [-0.1, -0.05) is 23.9 Å². The SMILES string of the molecule is CCOc1ccc(Sc2cn([C@@H]3O[C@H](CO)[C@@H](O)[C@H](O)[C@H]3O)c3c(F)cccc23)c(F)c1. The Morgan fingerprint density at radius 1 is 1.03 bits per heavy atom. The normalized spacial score (nSPS) is 25.9. The molecule has 32 heavy (non-hydrogen) atoms. The van der Waals surface area contributed by atoms with Gasteiger partial charge < -0.3 is 34.5 Å². The second-order valence-electron chi connectivity index (χ2n) is 7.38. The molecule has 1 aliphatic rings. The summed E-state index contributed by atoms with van der Waals surface area (Å²) in [6.45, 7) is 1.59. The van der Waals surface area contributed by atoms with E-state index < -0.39 is 48.9 Å². The van der Waals surface area contributed by atoms with Gasteiger partial charge in [-0.25, -0.2) is 8.78 Å². The van der Waals surface area contributed by atoms with Crippen LogP contribution in [0.5, 0.6) is 5.75 Å².